The van der Waals surface area contributed by atoms with E-state index in [9.17, 15) is 14.4 Å². The summed E-state index contributed by atoms with van der Waals surface area (Å²) in [5, 5.41) is 20.0. The molecule has 1 aromatic heterocycles. The largest absolute Gasteiger partial charge is 0.344 e. The lowest BCUT2D eigenvalue weighted by atomic mass is 9.81. The minimum absolute atomic E-state index is 0. The number of rotatable bonds is 12. The molecule has 0 aliphatic heterocycles. The van der Waals surface area contributed by atoms with Gasteiger partial charge in [-0.15, -0.1) is 22.6 Å². The molecular weight excluding hydrogens is 616 g/mol. The van der Waals surface area contributed by atoms with Crippen LogP contribution in [0.5, 0.6) is 0 Å². The van der Waals surface area contributed by atoms with Crippen LogP contribution in [-0.2, 0) is 16.0 Å². The first-order valence-electron chi connectivity index (χ1n) is 16.0. The lowest BCUT2D eigenvalue weighted by Crippen LogP contribution is -2.48. The molecule has 5 N–H and O–H groups in total. The van der Waals surface area contributed by atoms with Gasteiger partial charge in [-0.05, 0) is 104 Å². The van der Waals surface area contributed by atoms with Crippen molar-refractivity contribution in [1.29, 1.82) is 0 Å². The van der Waals surface area contributed by atoms with E-state index in [1.807, 2.05) is 62.4 Å². The van der Waals surface area contributed by atoms with Crippen molar-refractivity contribution in [2.75, 3.05) is 25.0 Å². The van der Waals surface area contributed by atoms with Crippen molar-refractivity contribution in [3.63, 3.8) is 0 Å². The van der Waals surface area contributed by atoms with Gasteiger partial charge in [-0.2, -0.15) is 5.21 Å². The summed E-state index contributed by atoms with van der Waals surface area (Å²) in [6.07, 6.45) is 3.66. The number of benzene rings is 3. The second-order valence-electron chi connectivity index (χ2n) is 11.7. The van der Waals surface area contributed by atoms with E-state index in [1.165, 1.54) is 0 Å². The van der Waals surface area contributed by atoms with Gasteiger partial charge in [0.2, 0.25) is 17.6 Å². The predicted molar refractivity (Wildman–Crippen MR) is 185 cm³/mol. The Balaban J connectivity index is 0.00000500. The summed E-state index contributed by atoms with van der Waals surface area (Å²) < 4.78 is 0. The Morgan fingerprint density at radius 1 is 0.915 bits per heavy atom. The molecule has 0 spiro atoms. The standard InChI is InChI=1S/C35H42N8O3.ClH/c1-3-43(4-2)35(46)30-8-6-5-7-29(30)25-13-9-23(10-14-25)21-31(38-33(44)27-15-11-24(22-36)12-16-27)34(45)37-28-19-17-26(18-20-28)32-39-41-42-40-32;/h5-10,13-14,17-20,24,27,31H,3-4,11-12,15-16,21-22,36H2,1-2H3,(H,37,45)(H,38,44)(H,39,40,41,42);1H/t24-,27-,31-;/m0./s1. The number of aromatic amines is 1. The molecule has 1 heterocycles. The number of carbonyl (C=O) groups excluding carboxylic acids is 3. The van der Waals surface area contributed by atoms with Gasteiger partial charge in [-0.25, -0.2) is 0 Å². The number of aromatic nitrogens is 4. The van der Waals surface area contributed by atoms with Crippen LogP contribution < -0.4 is 16.4 Å². The monoisotopic (exact) mass is 658 g/mol. The maximum absolute atomic E-state index is 13.7. The van der Waals surface area contributed by atoms with E-state index in [1.54, 1.807) is 29.2 Å². The number of hydrogen-bond acceptors (Lipinski definition) is 7. The topological polar surface area (TPSA) is 159 Å². The Morgan fingerprint density at radius 3 is 2.19 bits per heavy atom. The number of nitrogens with zero attached hydrogens (tertiary/aromatic N) is 4. The van der Waals surface area contributed by atoms with Crippen LogP contribution in [0.1, 0.15) is 55.5 Å². The molecule has 3 aromatic carbocycles. The van der Waals surface area contributed by atoms with Gasteiger partial charge in [0.25, 0.3) is 5.91 Å². The average molecular weight is 659 g/mol. The molecule has 1 fully saturated rings. The van der Waals surface area contributed by atoms with E-state index in [-0.39, 0.29) is 36.0 Å². The molecule has 3 amide bonds. The SMILES string of the molecule is CCN(CC)C(=O)c1ccccc1-c1ccc(C[C@H](NC(=O)[C@H]2CC[C@H](CN)CC2)C(=O)Nc2ccc(-c3nn[nH]n3)cc2)cc1.Cl. The first-order valence-corrected chi connectivity index (χ1v) is 16.0. The zero-order valence-corrected chi connectivity index (χ0v) is 27.6. The van der Waals surface area contributed by atoms with E-state index in [0.29, 0.717) is 49.0 Å². The number of hydrogen-bond donors (Lipinski definition) is 4. The number of nitrogens with two attached hydrogens (primary N) is 1. The van der Waals surface area contributed by atoms with Crippen LogP contribution in [-0.4, -0.2) is 68.9 Å². The van der Waals surface area contributed by atoms with Gasteiger partial charge >= 0.3 is 0 Å². The summed E-state index contributed by atoms with van der Waals surface area (Å²) in [7, 11) is 0. The molecule has 5 rings (SSSR count). The summed E-state index contributed by atoms with van der Waals surface area (Å²) >= 11 is 0. The van der Waals surface area contributed by atoms with Crippen molar-refractivity contribution in [2.24, 2.45) is 17.6 Å². The summed E-state index contributed by atoms with van der Waals surface area (Å²) in [6, 6.07) is 21.8. The van der Waals surface area contributed by atoms with Crippen molar-refractivity contribution in [2.45, 2.75) is 52.0 Å². The number of halogens is 1. The van der Waals surface area contributed by atoms with Crippen LogP contribution in [0.2, 0.25) is 0 Å². The third-order valence-electron chi connectivity index (χ3n) is 8.85. The summed E-state index contributed by atoms with van der Waals surface area (Å²) in [6.45, 7) is 5.85. The molecule has 1 saturated carbocycles. The molecule has 0 unspecified atom stereocenters. The highest BCUT2D eigenvalue weighted by molar-refractivity contribution is 6.01. The first-order chi connectivity index (χ1) is 22.4. The minimum atomic E-state index is -0.793. The maximum Gasteiger partial charge on any atom is 0.254 e. The summed E-state index contributed by atoms with van der Waals surface area (Å²) in [5.74, 6) is 0.337. The van der Waals surface area contributed by atoms with Crippen molar-refractivity contribution >= 4 is 35.8 Å². The van der Waals surface area contributed by atoms with Crippen molar-refractivity contribution in [3.8, 4) is 22.5 Å². The normalized spacial score (nSPS) is 16.4. The molecule has 0 radical (unpaired) electrons. The van der Waals surface area contributed by atoms with Crippen LogP contribution in [0.15, 0.2) is 72.8 Å². The van der Waals surface area contributed by atoms with Crippen molar-refractivity contribution in [3.05, 3.63) is 83.9 Å². The van der Waals surface area contributed by atoms with Gasteiger partial charge < -0.3 is 21.3 Å². The molecule has 248 valence electrons. The zero-order chi connectivity index (χ0) is 32.5. The highest BCUT2D eigenvalue weighted by Crippen LogP contribution is 2.29. The second kappa shape index (κ2) is 16.8. The quantitative estimate of drug-likeness (QED) is 0.169. The third-order valence-corrected chi connectivity index (χ3v) is 8.85. The molecule has 12 heteroatoms. The summed E-state index contributed by atoms with van der Waals surface area (Å²) in [5.41, 5.74) is 10.5. The van der Waals surface area contributed by atoms with E-state index in [0.717, 1.165) is 47.9 Å². The lowest BCUT2D eigenvalue weighted by molar-refractivity contribution is -0.130. The average Bonchev–Trinajstić information content (AvgIpc) is 3.64. The fourth-order valence-corrected chi connectivity index (χ4v) is 6.03. The maximum atomic E-state index is 13.7. The third kappa shape index (κ3) is 8.81. The smallest absolute Gasteiger partial charge is 0.254 e. The van der Waals surface area contributed by atoms with Gasteiger partial charge in [-0.3, -0.25) is 14.4 Å². The zero-order valence-electron chi connectivity index (χ0n) is 26.8. The Labute approximate surface area is 281 Å². The second-order valence-corrected chi connectivity index (χ2v) is 11.7. The Bertz CT molecular complexity index is 1600. The molecule has 1 atom stereocenters. The first kappa shape index (κ1) is 35.2. The number of carbonyl (C=O) groups is 3. The molecule has 4 aromatic rings. The number of H-pyrrole nitrogens is 1. The Kier molecular flexibility index (Phi) is 12.6. The van der Waals surface area contributed by atoms with Gasteiger partial charge in [0.15, 0.2) is 0 Å². The predicted octanol–water partition coefficient (Wildman–Crippen LogP) is 4.87. The summed E-state index contributed by atoms with van der Waals surface area (Å²) in [4.78, 5) is 42.1. The fourth-order valence-electron chi connectivity index (χ4n) is 6.03. The van der Waals surface area contributed by atoms with Gasteiger partial charge in [-0.1, -0.05) is 42.5 Å². The molecular formula is C35H43ClN8O3. The van der Waals surface area contributed by atoms with Crippen molar-refractivity contribution < 1.29 is 14.4 Å². The van der Waals surface area contributed by atoms with Gasteiger partial charge in [0.1, 0.15) is 6.04 Å². The molecule has 0 saturated heterocycles. The lowest BCUT2D eigenvalue weighted by Gasteiger charge is -2.28. The van der Waals surface area contributed by atoms with E-state index in [4.69, 9.17) is 5.73 Å². The number of anilines is 1. The molecule has 0 bridgehead atoms. The van der Waals surface area contributed by atoms with Gasteiger partial charge in [0, 0.05) is 42.2 Å². The molecule has 47 heavy (non-hydrogen) atoms. The van der Waals surface area contributed by atoms with Crippen LogP contribution in [0.25, 0.3) is 22.5 Å². The molecule has 1 aliphatic carbocycles. The van der Waals surface area contributed by atoms with Crippen LogP contribution in [0.3, 0.4) is 0 Å². The number of tetrazole rings is 1. The van der Waals surface area contributed by atoms with Crippen molar-refractivity contribution in [1.82, 2.24) is 30.8 Å². The highest BCUT2D eigenvalue weighted by Gasteiger charge is 2.29. The fraction of sp³-hybridized carbons (Fsp3) is 0.371. The van der Waals surface area contributed by atoms with E-state index < -0.39 is 6.04 Å². The number of amides is 3. The van der Waals surface area contributed by atoms with E-state index in [2.05, 4.69) is 31.3 Å². The Hall–Kier alpha value is -4.61. The molecule has 1 aliphatic rings. The van der Waals surface area contributed by atoms with Crippen LogP contribution >= 0.6 is 12.4 Å². The van der Waals surface area contributed by atoms with Crippen LogP contribution in [0, 0.1) is 11.8 Å². The highest BCUT2D eigenvalue weighted by atomic mass is 35.5. The number of nitrogens with one attached hydrogen (secondary N) is 3. The van der Waals surface area contributed by atoms with Crippen LogP contribution in [0.4, 0.5) is 5.69 Å². The minimum Gasteiger partial charge on any atom is -0.344 e. The van der Waals surface area contributed by atoms with Gasteiger partial charge in [0.05, 0.1) is 0 Å². The Morgan fingerprint density at radius 2 is 1.57 bits per heavy atom. The molecule has 11 nitrogen and oxygen atoms in total. The van der Waals surface area contributed by atoms with E-state index >= 15 is 0 Å².